The number of fused-ring (bicyclic) bond motifs is 1. The standard InChI is InChI=1S/C18H27N3O/c19-18(22)20-12-16-11-10-15-8-4-5-9-17(15)21(16)13-14-6-2-1-3-7-14/h4-5,8-9,14,16H,1-3,6-7,10-13H2,(H3,19,20,22). The first-order chi connectivity index (χ1) is 10.7. The Morgan fingerprint density at radius 1 is 1.18 bits per heavy atom. The van der Waals surface area contributed by atoms with Gasteiger partial charge in [0.05, 0.1) is 0 Å². The zero-order valence-corrected chi connectivity index (χ0v) is 13.3. The Labute approximate surface area is 133 Å². The van der Waals surface area contributed by atoms with Crippen molar-refractivity contribution in [2.45, 2.75) is 51.0 Å². The largest absolute Gasteiger partial charge is 0.366 e. The van der Waals surface area contributed by atoms with Crippen molar-refractivity contribution in [3.8, 4) is 0 Å². The normalized spacial score (nSPS) is 22.2. The van der Waals surface area contributed by atoms with E-state index in [1.165, 1.54) is 43.4 Å². The Bertz CT molecular complexity index is 511. The third kappa shape index (κ3) is 3.54. The van der Waals surface area contributed by atoms with E-state index in [1.54, 1.807) is 0 Å². The Morgan fingerprint density at radius 3 is 2.73 bits per heavy atom. The van der Waals surface area contributed by atoms with Gasteiger partial charge < -0.3 is 16.0 Å². The van der Waals surface area contributed by atoms with E-state index in [2.05, 4.69) is 34.5 Å². The van der Waals surface area contributed by atoms with Crippen molar-refractivity contribution in [2.75, 3.05) is 18.0 Å². The number of urea groups is 1. The summed E-state index contributed by atoms with van der Waals surface area (Å²) in [5.74, 6) is 0.788. The molecule has 0 bridgehead atoms. The summed E-state index contributed by atoms with van der Waals surface area (Å²) in [5, 5.41) is 2.81. The maximum Gasteiger partial charge on any atom is 0.312 e. The molecular formula is C18H27N3O. The molecule has 120 valence electrons. The summed E-state index contributed by atoms with van der Waals surface area (Å²) in [6.07, 6.45) is 8.98. The molecule has 4 heteroatoms. The molecule has 22 heavy (non-hydrogen) atoms. The van der Waals surface area contributed by atoms with Crippen molar-refractivity contribution < 1.29 is 4.79 Å². The monoisotopic (exact) mass is 301 g/mol. The zero-order chi connectivity index (χ0) is 15.4. The van der Waals surface area contributed by atoms with Gasteiger partial charge in [-0.3, -0.25) is 0 Å². The van der Waals surface area contributed by atoms with Crippen molar-refractivity contribution in [1.82, 2.24) is 5.32 Å². The van der Waals surface area contributed by atoms with Gasteiger partial charge in [0.25, 0.3) is 0 Å². The second-order valence-electron chi connectivity index (χ2n) is 6.72. The minimum absolute atomic E-state index is 0.365. The zero-order valence-electron chi connectivity index (χ0n) is 13.3. The van der Waals surface area contributed by atoms with Gasteiger partial charge in [0, 0.05) is 24.8 Å². The molecule has 3 rings (SSSR count). The highest BCUT2D eigenvalue weighted by atomic mass is 16.2. The SMILES string of the molecule is NC(=O)NCC1CCc2ccccc2N1CC1CCCCC1. The molecule has 2 amide bonds. The quantitative estimate of drug-likeness (QED) is 0.898. The minimum Gasteiger partial charge on any atom is -0.366 e. The van der Waals surface area contributed by atoms with E-state index >= 15 is 0 Å². The molecule has 0 radical (unpaired) electrons. The molecule has 1 aromatic rings. The third-order valence-corrected chi connectivity index (χ3v) is 5.18. The van der Waals surface area contributed by atoms with Crippen LogP contribution in [0.4, 0.5) is 10.5 Å². The van der Waals surface area contributed by atoms with E-state index in [-0.39, 0.29) is 0 Å². The fraction of sp³-hybridized carbons (Fsp3) is 0.611. The Morgan fingerprint density at radius 2 is 1.95 bits per heavy atom. The molecule has 2 aliphatic rings. The van der Waals surface area contributed by atoms with Crippen LogP contribution < -0.4 is 16.0 Å². The molecule has 1 fully saturated rings. The molecule has 3 N–H and O–H groups in total. The lowest BCUT2D eigenvalue weighted by atomic mass is 9.87. The smallest absolute Gasteiger partial charge is 0.312 e. The van der Waals surface area contributed by atoms with Crippen LogP contribution in [0.1, 0.15) is 44.1 Å². The number of carbonyl (C=O) groups excluding carboxylic acids is 1. The van der Waals surface area contributed by atoms with Crippen LogP contribution >= 0.6 is 0 Å². The first-order valence-electron chi connectivity index (χ1n) is 8.62. The first kappa shape index (κ1) is 15.2. The van der Waals surface area contributed by atoms with Gasteiger partial charge in [-0.25, -0.2) is 4.79 Å². The highest BCUT2D eigenvalue weighted by Crippen LogP contribution is 2.33. The van der Waals surface area contributed by atoms with Gasteiger partial charge in [0.2, 0.25) is 0 Å². The summed E-state index contributed by atoms with van der Waals surface area (Å²) in [7, 11) is 0. The number of nitrogens with zero attached hydrogens (tertiary/aromatic N) is 1. The Hall–Kier alpha value is -1.71. The van der Waals surface area contributed by atoms with Crippen LogP contribution in [0.2, 0.25) is 0 Å². The lowest BCUT2D eigenvalue weighted by molar-refractivity contribution is 0.247. The van der Waals surface area contributed by atoms with E-state index in [0.717, 1.165) is 25.3 Å². The predicted molar refractivity (Wildman–Crippen MR) is 90.1 cm³/mol. The second kappa shape index (κ2) is 7.03. The minimum atomic E-state index is -0.420. The number of hydrogen-bond donors (Lipinski definition) is 2. The molecular weight excluding hydrogens is 274 g/mol. The van der Waals surface area contributed by atoms with Crippen LogP contribution in [0.15, 0.2) is 24.3 Å². The van der Waals surface area contributed by atoms with Crippen LogP contribution in [-0.2, 0) is 6.42 Å². The number of nitrogens with one attached hydrogen (secondary N) is 1. The summed E-state index contributed by atoms with van der Waals surface area (Å²) in [4.78, 5) is 13.6. The van der Waals surface area contributed by atoms with E-state index in [1.807, 2.05) is 0 Å². The van der Waals surface area contributed by atoms with Crippen molar-refractivity contribution >= 4 is 11.7 Å². The average molecular weight is 301 g/mol. The summed E-state index contributed by atoms with van der Waals surface area (Å²) >= 11 is 0. The summed E-state index contributed by atoms with van der Waals surface area (Å²) in [6, 6.07) is 8.66. The molecule has 0 aromatic heterocycles. The molecule has 1 aliphatic heterocycles. The van der Waals surface area contributed by atoms with Crippen LogP contribution in [-0.4, -0.2) is 25.2 Å². The maximum absolute atomic E-state index is 11.1. The van der Waals surface area contributed by atoms with Gasteiger partial charge >= 0.3 is 6.03 Å². The fourth-order valence-corrected chi connectivity index (χ4v) is 4.00. The highest BCUT2D eigenvalue weighted by molar-refractivity contribution is 5.71. The topological polar surface area (TPSA) is 58.4 Å². The van der Waals surface area contributed by atoms with Gasteiger partial charge in [0.15, 0.2) is 0 Å². The molecule has 1 heterocycles. The summed E-state index contributed by atoms with van der Waals surface area (Å²) < 4.78 is 0. The van der Waals surface area contributed by atoms with E-state index in [0.29, 0.717) is 12.6 Å². The molecule has 4 nitrogen and oxygen atoms in total. The van der Waals surface area contributed by atoms with E-state index in [9.17, 15) is 4.79 Å². The first-order valence-corrected chi connectivity index (χ1v) is 8.62. The van der Waals surface area contributed by atoms with Gasteiger partial charge in [-0.1, -0.05) is 37.5 Å². The second-order valence-corrected chi connectivity index (χ2v) is 6.72. The molecule has 1 aromatic carbocycles. The van der Waals surface area contributed by atoms with Gasteiger partial charge in [-0.15, -0.1) is 0 Å². The van der Waals surface area contributed by atoms with Gasteiger partial charge in [-0.2, -0.15) is 0 Å². The van der Waals surface area contributed by atoms with Crippen LogP contribution in [0.5, 0.6) is 0 Å². The summed E-state index contributed by atoms with van der Waals surface area (Å²) in [6.45, 7) is 1.76. The summed E-state index contributed by atoms with van der Waals surface area (Å²) in [5.41, 5.74) is 8.06. The van der Waals surface area contributed by atoms with E-state index < -0.39 is 6.03 Å². The number of nitrogens with two attached hydrogens (primary N) is 1. The average Bonchev–Trinajstić information content (AvgIpc) is 2.55. The Balaban J connectivity index is 1.76. The van der Waals surface area contributed by atoms with Crippen molar-refractivity contribution in [2.24, 2.45) is 11.7 Å². The van der Waals surface area contributed by atoms with Crippen molar-refractivity contribution in [3.63, 3.8) is 0 Å². The number of carbonyl (C=O) groups is 1. The van der Waals surface area contributed by atoms with E-state index in [4.69, 9.17) is 5.73 Å². The maximum atomic E-state index is 11.1. The van der Waals surface area contributed by atoms with Crippen LogP contribution in [0.3, 0.4) is 0 Å². The number of rotatable bonds is 4. The molecule has 0 saturated heterocycles. The number of amides is 2. The third-order valence-electron chi connectivity index (χ3n) is 5.18. The number of hydrogen-bond acceptors (Lipinski definition) is 2. The van der Waals surface area contributed by atoms with Crippen LogP contribution in [0.25, 0.3) is 0 Å². The molecule has 1 atom stereocenters. The van der Waals surface area contributed by atoms with Crippen molar-refractivity contribution in [3.05, 3.63) is 29.8 Å². The number of benzene rings is 1. The molecule has 0 spiro atoms. The molecule has 1 unspecified atom stereocenters. The van der Waals surface area contributed by atoms with Crippen LogP contribution in [0, 0.1) is 5.92 Å². The number of para-hydroxylation sites is 1. The van der Waals surface area contributed by atoms with Gasteiger partial charge in [0.1, 0.15) is 0 Å². The lowest BCUT2D eigenvalue weighted by Gasteiger charge is -2.41. The lowest BCUT2D eigenvalue weighted by Crippen LogP contribution is -2.49. The predicted octanol–water partition coefficient (Wildman–Crippen LogP) is 3.06. The fourth-order valence-electron chi connectivity index (χ4n) is 4.00. The highest BCUT2D eigenvalue weighted by Gasteiger charge is 2.28. The number of primary amides is 1. The number of aryl methyl sites for hydroxylation is 1. The Kier molecular flexibility index (Phi) is 4.86. The van der Waals surface area contributed by atoms with Crippen molar-refractivity contribution in [1.29, 1.82) is 0 Å². The van der Waals surface area contributed by atoms with Gasteiger partial charge in [-0.05, 0) is 43.2 Å². The molecule has 1 saturated carbocycles. The number of anilines is 1. The molecule has 1 aliphatic carbocycles.